The molecule has 0 saturated carbocycles. The first-order valence-electron chi connectivity index (χ1n) is 8.94. The van der Waals surface area contributed by atoms with E-state index in [1.807, 2.05) is 36.4 Å². The molecule has 5 rings (SSSR count). The number of amides is 1. The number of nitrogens with one attached hydrogen (secondary N) is 1. The van der Waals surface area contributed by atoms with Gasteiger partial charge in [-0.25, -0.2) is 4.98 Å². The highest BCUT2D eigenvalue weighted by atomic mass is 16.3. The van der Waals surface area contributed by atoms with Crippen LogP contribution in [0.15, 0.2) is 59.5 Å². The fourth-order valence-electron chi connectivity index (χ4n) is 3.51. The van der Waals surface area contributed by atoms with Gasteiger partial charge in [0, 0.05) is 29.6 Å². The summed E-state index contributed by atoms with van der Waals surface area (Å²) >= 11 is 0. The molecule has 1 aliphatic heterocycles. The minimum absolute atomic E-state index is 0.197. The Bertz CT molecular complexity index is 1190. The number of oxazole rings is 1. The highest BCUT2D eigenvalue weighted by Gasteiger charge is 2.18. The van der Waals surface area contributed by atoms with E-state index in [0.717, 1.165) is 29.6 Å². The molecule has 4 aromatic rings. The predicted octanol–water partition coefficient (Wildman–Crippen LogP) is 3.48. The van der Waals surface area contributed by atoms with Crippen LogP contribution in [0.1, 0.15) is 21.5 Å². The molecule has 1 aliphatic rings. The zero-order valence-corrected chi connectivity index (χ0v) is 15.2. The first-order valence-corrected chi connectivity index (χ1v) is 8.94. The van der Waals surface area contributed by atoms with Gasteiger partial charge in [0.05, 0.1) is 11.7 Å². The van der Waals surface area contributed by atoms with Crippen molar-refractivity contribution in [2.75, 3.05) is 12.4 Å². The van der Waals surface area contributed by atoms with Crippen LogP contribution >= 0.6 is 0 Å². The van der Waals surface area contributed by atoms with Crippen LogP contribution in [0.2, 0.25) is 0 Å². The molecule has 28 heavy (non-hydrogen) atoms. The number of fused-ring (bicyclic) bond motifs is 2. The van der Waals surface area contributed by atoms with Crippen molar-refractivity contribution in [3.8, 4) is 11.3 Å². The summed E-state index contributed by atoms with van der Waals surface area (Å²) in [4.78, 5) is 18.8. The van der Waals surface area contributed by atoms with E-state index in [2.05, 4.69) is 32.4 Å². The van der Waals surface area contributed by atoms with Gasteiger partial charge in [-0.15, -0.1) is 10.2 Å². The van der Waals surface area contributed by atoms with Gasteiger partial charge in [0.15, 0.2) is 18.0 Å². The summed E-state index contributed by atoms with van der Waals surface area (Å²) in [5.41, 5.74) is 4.70. The van der Waals surface area contributed by atoms with Gasteiger partial charge in [0.1, 0.15) is 0 Å². The second-order valence-corrected chi connectivity index (χ2v) is 6.98. The predicted molar refractivity (Wildman–Crippen MR) is 105 cm³/mol. The molecule has 0 unspecified atom stereocenters. The molecule has 2 aromatic carbocycles. The lowest BCUT2D eigenvalue weighted by atomic mass is 10.1. The molecule has 0 spiro atoms. The summed E-state index contributed by atoms with van der Waals surface area (Å²) < 4.78 is 5.34. The van der Waals surface area contributed by atoms with Crippen LogP contribution in [0.3, 0.4) is 0 Å². The number of aromatic nitrogens is 3. The quantitative estimate of drug-likeness (QED) is 0.593. The van der Waals surface area contributed by atoms with Crippen LogP contribution in [0.5, 0.6) is 0 Å². The number of rotatable bonds is 3. The smallest absolute Gasteiger partial charge is 0.256 e. The molecule has 0 aliphatic carbocycles. The first-order chi connectivity index (χ1) is 13.7. The van der Waals surface area contributed by atoms with Crippen molar-refractivity contribution >= 4 is 22.6 Å². The van der Waals surface area contributed by atoms with Crippen molar-refractivity contribution in [3.05, 3.63) is 71.7 Å². The van der Waals surface area contributed by atoms with Crippen LogP contribution in [0, 0.1) is 0 Å². The van der Waals surface area contributed by atoms with E-state index in [1.165, 1.54) is 17.5 Å². The largest absolute Gasteiger partial charge is 0.444 e. The van der Waals surface area contributed by atoms with Crippen molar-refractivity contribution in [2.45, 2.75) is 13.1 Å². The average molecular weight is 371 g/mol. The van der Waals surface area contributed by atoms with Gasteiger partial charge in [-0.2, -0.15) is 0 Å². The van der Waals surface area contributed by atoms with E-state index < -0.39 is 0 Å². The van der Waals surface area contributed by atoms with Crippen LogP contribution in [-0.4, -0.2) is 33.0 Å². The van der Waals surface area contributed by atoms with Crippen LogP contribution in [0.4, 0.5) is 5.82 Å². The van der Waals surface area contributed by atoms with Gasteiger partial charge in [0.25, 0.3) is 5.91 Å². The number of benzene rings is 2. The summed E-state index contributed by atoms with van der Waals surface area (Å²) in [5, 5.41) is 12.0. The van der Waals surface area contributed by atoms with Crippen molar-refractivity contribution in [2.24, 2.45) is 0 Å². The lowest BCUT2D eigenvalue weighted by molar-refractivity contribution is 0.102. The molecule has 0 radical (unpaired) electrons. The summed E-state index contributed by atoms with van der Waals surface area (Å²) in [6.07, 6.45) is 3.05. The third-order valence-electron chi connectivity index (χ3n) is 4.89. The second kappa shape index (κ2) is 6.54. The van der Waals surface area contributed by atoms with E-state index in [-0.39, 0.29) is 5.91 Å². The molecule has 0 bridgehead atoms. The maximum Gasteiger partial charge on any atom is 0.256 e. The van der Waals surface area contributed by atoms with E-state index in [1.54, 1.807) is 12.3 Å². The molecule has 0 atom stereocenters. The van der Waals surface area contributed by atoms with Gasteiger partial charge in [-0.05, 0) is 54.6 Å². The van der Waals surface area contributed by atoms with Gasteiger partial charge in [0.2, 0.25) is 0 Å². The molecule has 138 valence electrons. The molecule has 1 amide bonds. The summed E-state index contributed by atoms with van der Waals surface area (Å²) in [6, 6.07) is 13.3. The Hall–Kier alpha value is -3.58. The molecule has 0 fully saturated rings. The van der Waals surface area contributed by atoms with Crippen LogP contribution < -0.4 is 5.32 Å². The molecular formula is C21H17N5O2. The van der Waals surface area contributed by atoms with Gasteiger partial charge >= 0.3 is 0 Å². The summed E-state index contributed by atoms with van der Waals surface area (Å²) in [6.45, 7) is 1.78. The molecule has 3 heterocycles. The van der Waals surface area contributed by atoms with Crippen molar-refractivity contribution in [1.82, 2.24) is 20.1 Å². The number of carbonyl (C=O) groups excluding carboxylic acids is 1. The molecule has 1 N–H and O–H groups in total. The summed E-state index contributed by atoms with van der Waals surface area (Å²) in [7, 11) is 2.07. The van der Waals surface area contributed by atoms with Crippen molar-refractivity contribution < 1.29 is 9.21 Å². The van der Waals surface area contributed by atoms with Gasteiger partial charge in [-0.1, -0.05) is 6.07 Å². The Morgan fingerprint density at radius 1 is 1.07 bits per heavy atom. The average Bonchev–Trinajstić information content (AvgIpc) is 3.35. The maximum atomic E-state index is 12.7. The first kappa shape index (κ1) is 16.6. The minimum atomic E-state index is -0.197. The van der Waals surface area contributed by atoms with E-state index in [9.17, 15) is 4.79 Å². The zero-order chi connectivity index (χ0) is 19.1. The van der Waals surface area contributed by atoms with Crippen LogP contribution in [-0.2, 0) is 13.1 Å². The Balaban J connectivity index is 1.42. The number of carbonyl (C=O) groups is 1. The summed E-state index contributed by atoms with van der Waals surface area (Å²) in [5.74, 6) is 0.884. The molecule has 7 heteroatoms. The lowest BCUT2D eigenvalue weighted by Gasteiger charge is -2.07. The number of hydrogen-bond acceptors (Lipinski definition) is 6. The van der Waals surface area contributed by atoms with E-state index >= 15 is 0 Å². The highest BCUT2D eigenvalue weighted by Crippen LogP contribution is 2.25. The monoisotopic (exact) mass is 371 g/mol. The van der Waals surface area contributed by atoms with E-state index in [4.69, 9.17) is 4.42 Å². The third-order valence-corrected chi connectivity index (χ3v) is 4.89. The molecule has 2 aromatic heterocycles. The number of anilines is 1. The van der Waals surface area contributed by atoms with Crippen molar-refractivity contribution in [3.63, 3.8) is 0 Å². The van der Waals surface area contributed by atoms with Gasteiger partial charge in [-0.3, -0.25) is 9.69 Å². The third kappa shape index (κ3) is 3.01. The standard InChI is InChI=1S/C21H17N5O2/c1-26-10-15-3-2-14(7-17(15)11-26)21(27)23-20-8-16-6-13(19-9-22-12-28-19)4-5-18(16)24-25-20/h2-9,12H,10-11H2,1H3,(H,23,25,27). The SMILES string of the molecule is CN1Cc2ccc(C(=O)Nc3cc4cc(-c5cnco5)ccc4nn3)cc2C1. The highest BCUT2D eigenvalue weighted by molar-refractivity contribution is 6.04. The number of hydrogen-bond donors (Lipinski definition) is 1. The van der Waals surface area contributed by atoms with Crippen LogP contribution in [0.25, 0.3) is 22.2 Å². The fourth-order valence-corrected chi connectivity index (χ4v) is 3.51. The molecular weight excluding hydrogens is 354 g/mol. The fraction of sp³-hybridized carbons (Fsp3) is 0.143. The minimum Gasteiger partial charge on any atom is -0.444 e. The Kier molecular flexibility index (Phi) is 3.87. The van der Waals surface area contributed by atoms with Crippen molar-refractivity contribution in [1.29, 1.82) is 0 Å². The Morgan fingerprint density at radius 2 is 1.96 bits per heavy atom. The maximum absolute atomic E-state index is 12.7. The second-order valence-electron chi connectivity index (χ2n) is 6.98. The van der Waals surface area contributed by atoms with E-state index in [0.29, 0.717) is 17.1 Å². The number of nitrogens with zero attached hydrogens (tertiary/aromatic N) is 4. The normalized spacial score (nSPS) is 13.6. The Morgan fingerprint density at radius 3 is 2.82 bits per heavy atom. The van der Waals surface area contributed by atoms with Gasteiger partial charge < -0.3 is 9.73 Å². The molecule has 0 saturated heterocycles. The Labute approximate surface area is 161 Å². The topological polar surface area (TPSA) is 84.2 Å². The zero-order valence-electron chi connectivity index (χ0n) is 15.2. The molecule has 7 nitrogen and oxygen atoms in total. The lowest BCUT2D eigenvalue weighted by Crippen LogP contribution is -2.13.